The van der Waals surface area contributed by atoms with Gasteiger partial charge in [-0.1, -0.05) is 286 Å². The Morgan fingerprint density at radius 3 is 1.55 bits per heavy atom. The highest BCUT2D eigenvalue weighted by Gasteiger charge is 2.47. The first-order valence-electron chi connectivity index (χ1n) is 25.7. The zero-order valence-electron chi connectivity index (χ0n) is 43.4. The number of allylic oxidation sites excluding steroid dienone is 8. The van der Waals surface area contributed by atoms with Crippen molar-refractivity contribution in [1.29, 1.82) is 0 Å². The van der Waals surface area contributed by atoms with Crippen molar-refractivity contribution in [3.8, 4) is 33.4 Å². The van der Waals surface area contributed by atoms with Gasteiger partial charge in [-0.2, -0.15) is 0 Å². The van der Waals surface area contributed by atoms with Gasteiger partial charge < -0.3 is 0 Å². The normalized spacial score (nSPS) is 17.9. The highest BCUT2D eigenvalue weighted by atomic mass is 14.5. The Morgan fingerprint density at radius 2 is 0.972 bits per heavy atom. The van der Waals surface area contributed by atoms with Gasteiger partial charge in [-0.15, -0.1) is 0 Å². The molecule has 0 saturated carbocycles. The summed E-state index contributed by atoms with van der Waals surface area (Å²) in [5, 5.41) is 0. The lowest BCUT2D eigenvalue weighted by Gasteiger charge is -2.34. The van der Waals surface area contributed by atoms with Crippen LogP contribution in [0.25, 0.3) is 33.4 Å². The van der Waals surface area contributed by atoms with Gasteiger partial charge in [-0.3, -0.25) is 0 Å². The van der Waals surface area contributed by atoms with Gasteiger partial charge in [0.25, 0.3) is 0 Å². The summed E-state index contributed by atoms with van der Waals surface area (Å²) in [7, 11) is 0. The minimum atomic E-state index is -0.358. The van der Waals surface area contributed by atoms with Gasteiger partial charge in [-0.25, -0.2) is 0 Å². The van der Waals surface area contributed by atoms with Gasteiger partial charge in [0, 0.05) is 10.8 Å². The molecule has 4 aliphatic carbocycles. The van der Waals surface area contributed by atoms with Crippen LogP contribution in [0.2, 0.25) is 0 Å². The second-order valence-electron chi connectivity index (χ2n) is 21.1. The lowest BCUT2D eigenvalue weighted by molar-refractivity contribution is 0.596. The number of rotatable bonds is 4. The van der Waals surface area contributed by atoms with Crippen molar-refractivity contribution in [2.45, 2.75) is 91.4 Å². The first kappa shape index (κ1) is 48.7. The Bertz CT molecular complexity index is 3220. The van der Waals surface area contributed by atoms with Crippen LogP contribution in [0.15, 0.2) is 236 Å². The summed E-state index contributed by atoms with van der Waals surface area (Å²) in [6.07, 6.45) is 17.8. The largest absolute Gasteiger partial charge is 0.0840 e. The van der Waals surface area contributed by atoms with Gasteiger partial charge in [0.2, 0.25) is 0 Å². The van der Waals surface area contributed by atoms with Gasteiger partial charge in [0.15, 0.2) is 0 Å². The maximum absolute atomic E-state index is 2.41. The summed E-state index contributed by atoms with van der Waals surface area (Å²) in [6, 6.07) is 69.2. The molecule has 0 N–H and O–H groups in total. The molecule has 0 aromatic heterocycles. The van der Waals surface area contributed by atoms with Crippen molar-refractivity contribution in [3.63, 3.8) is 0 Å². The van der Waals surface area contributed by atoms with E-state index in [2.05, 4.69) is 293 Å². The quantitative estimate of drug-likeness (QED) is 0.165. The molecule has 0 heterocycles. The minimum Gasteiger partial charge on any atom is -0.0840 e. The standard InChI is InChI=1S/C34H28.C16H16.C14H16.C7H10/c1-23-12-17-27(18-13-23)34(28-19-14-24(2)15-20-28)31-11-7-10-29(26-8-5-4-6-9-26)33(31)30-21-16-25(3)22-32(30)34;1-11-8-9-13-12-6-4-5-7-14(12)16(2,3)15(13)10-11;1-12-8-10-14(2,11-9-12)13-6-4-3-5-7-13;1-7-5-3-2-4-6-7/h4-22H,1-3H3;4-10H,1-3H3;3-10H,11H2,1-2H3;2-5,7H,6H2,1H3. The summed E-state index contributed by atoms with van der Waals surface area (Å²) >= 11 is 0. The number of benzene rings is 8. The molecule has 0 aliphatic heterocycles. The second kappa shape index (κ2) is 20.6. The van der Waals surface area contributed by atoms with Crippen LogP contribution < -0.4 is 0 Å². The fourth-order valence-corrected chi connectivity index (χ4v) is 11.1. The Kier molecular flexibility index (Phi) is 14.1. The topological polar surface area (TPSA) is 0 Å². The number of fused-ring (bicyclic) bond motifs is 6. The molecule has 0 heteroatoms. The van der Waals surface area contributed by atoms with Crippen LogP contribution in [-0.4, -0.2) is 0 Å². The van der Waals surface area contributed by atoms with Crippen molar-refractivity contribution in [2.75, 3.05) is 0 Å². The van der Waals surface area contributed by atoms with E-state index in [4.69, 9.17) is 0 Å². The molecule has 0 fully saturated rings. The maximum Gasteiger partial charge on any atom is 0.0713 e. The fourth-order valence-electron chi connectivity index (χ4n) is 11.1. The number of hydrogen-bond acceptors (Lipinski definition) is 0. The summed E-state index contributed by atoms with van der Waals surface area (Å²) in [5.41, 5.74) is 24.3. The van der Waals surface area contributed by atoms with E-state index in [1.807, 2.05) is 0 Å². The third-order valence-electron chi connectivity index (χ3n) is 15.3. The lowest BCUT2D eigenvalue weighted by Crippen LogP contribution is -2.28. The SMILES string of the molecule is CC1=CCC(C)(c2ccccc2)C=C1.CC1C=CC=CC1.Cc1ccc(C2(c3ccc(C)cc3)c3cc(C)ccc3-c3c(-c4ccccc4)cccc32)cc1.Cc1ccc2c(c1)C(C)(C)c1ccccc1-2. The smallest absolute Gasteiger partial charge is 0.0713 e. The molecule has 0 saturated heterocycles. The molecule has 0 amide bonds. The fraction of sp³-hybridized carbons (Fsp3) is 0.211. The summed E-state index contributed by atoms with van der Waals surface area (Å²) < 4.78 is 0. The van der Waals surface area contributed by atoms with Crippen LogP contribution >= 0.6 is 0 Å². The van der Waals surface area contributed by atoms with E-state index in [0.29, 0.717) is 0 Å². The summed E-state index contributed by atoms with van der Waals surface area (Å²) in [4.78, 5) is 0. The lowest BCUT2D eigenvalue weighted by atomic mass is 9.67. The Morgan fingerprint density at radius 1 is 0.437 bits per heavy atom. The van der Waals surface area contributed by atoms with Crippen LogP contribution in [0.3, 0.4) is 0 Å². The Labute approximate surface area is 425 Å². The molecule has 8 aromatic carbocycles. The van der Waals surface area contributed by atoms with Gasteiger partial charge >= 0.3 is 0 Å². The first-order valence-corrected chi connectivity index (χ1v) is 25.7. The third kappa shape index (κ3) is 9.79. The molecular formula is C71H70. The molecule has 0 nitrogen and oxygen atoms in total. The number of hydrogen-bond donors (Lipinski definition) is 0. The zero-order valence-corrected chi connectivity index (χ0v) is 43.4. The monoisotopic (exact) mass is 923 g/mol. The molecule has 0 spiro atoms. The van der Waals surface area contributed by atoms with Crippen LogP contribution in [0.1, 0.15) is 109 Å². The van der Waals surface area contributed by atoms with Gasteiger partial charge in [0.1, 0.15) is 0 Å². The van der Waals surface area contributed by atoms with Crippen LogP contribution in [0, 0.1) is 33.6 Å². The van der Waals surface area contributed by atoms with E-state index in [9.17, 15) is 0 Å². The molecule has 8 aromatic rings. The predicted octanol–water partition coefficient (Wildman–Crippen LogP) is 18.9. The van der Waals surface area contributed by atoms with Crippen molar-refractivity contribution >= 4 is 0 Å². The van der Waals surface area contributed by atoms with E-state index in [1.54, 1.807) is 0 Å². The molecular weight excluding hydrogens is 853 g/mol. The summed E-state index contributed by atoms with van der Waals surface area (Å²) in [6.45, 7) is 20.0. The van der Waals surface area contributed by atoms with Crippen molar-refractivity contribution in [3.05, 3.63) is 297 Å². The molecule has 0 radical (unpaired) electrons. The molecule has 12 rings (SSSR count). The van der Waals surface area contributed by atoms with E-state index in [1.165, 1.54) is 107 Å². The molecule has 354 valence electrons. The second-order valence-corrected chi connectivity index (χ2v) is 21.1. The van der Waals surface area contributed by atoms with Crippen molar-refractivity contribution < 1.29 is 0 Å². The molecule has 2 atom stereocenters. The van der Waals surface area contributed by atoms with Crippen molar-refractivity contribution in [1.82, 2.24) is 0 Å². The van der Waals surface area contributed by atoms with E-state index in [-0.39, 0.29) is 16.2 Å². The van der Waals surface area contributed by atoms with E-state index < -0.39 is 0 Å². The summed E-state index contributed by atoms with van der Waals surface area (Å²) in [5.74, 6) is 0.769. The van der Waals surface area contributed by atoms with Crippen LogP contribution in [0.5, 0.6) is 0 Å². The first-order chi connectivity index (χ1) is 34.3. The average Bonchev–Trinajstić information content (AvgIpc) is 3.81. The molecule has 2 unspecified atom stereocenters. The third-order valence-corrected chi connectivity index (χ3v) is 15.3. The molecule has 71 heavy (non-hydrogen) atoms. The van der Waals surface area contributed by atoms with Gasteiger partial charge in [-0.05, 0) is 126 Å². The van der Waals surface area contributed by atoms with Crippen LogP contribution in [-0.2, 0) is 16.2 Å². The van der Waals surface area contributed by atoms with E-state index >= 15 is 0 Å². The average molecular weight is 923 g/mol. The minimum absolute atomic E-state index is 0.151. The maximum atomic E-state index is 2.41. The Hall–Kier alpha value is -7.28. The molecule has 0 bridgehead atoms. The highest BCUT2D eigenvalue weighted by Crippen LogP contribution is 2.58. The Balaban J connectivity index is 0.000000139. The van der Waals surface area contributed by atoms with Gasteiger partial charge in [0.05, 0.1) is 5.41 Å². The predicted molar refractivity (Wildman–Crippen MR) is 306 cm³/mol. The highest BCUT2D eigenvalue weighted by molar-refractivity contribution is 5.95. The molecule has 4 aliphatic rings. The zero-order chi connectivity index (χ0) is 49.8. The van der Waals surface area contributed by atoms with Crippen LogP contribution in [0.4, 0.5) is 0 Å². The van der Waals surface area contributed by atoms with E-state index in [0.717, 1.165) is 12.3 Å². The van der Waals surface area contributed by atoms with Crippen molar-refractivity contribution in [2.24, 2.45) is 5.92 Å². The number of aryl methyl sites for hydroxylation is 4.